The number of rotatable bonds is 4. The topological polar surface area (TPSA) is 43.4 Å². The van der Waals surface area contributed by atoms with Gasteiger partial charge in [0.15, 0.2) is 11.5 Å². The number of hydrogen-bond acceptors (Lipinski definition) is 4. The van der Waals surface area contributed by atoms with Gasteiger partial charge in [-0.1, -0.05) is 0 Å². The fraction of sp³-hybridized carbons (Fsp3) is 0.118. The van der Waals surface area contributed by atoms with Gasteiger partial charge in [0.2, 0.25) is 0 Å². The Kier molecular flexibility index (Phi) is 4.33. The largest absolute Gasteiger partial charge is 0.493 e. The molecule has 0 fully saturated rings. The van der Waals surface area contributed by atoms with Crippen LogP contribution < -0.4 is 14.8 Å². The highest BCUT2D eigenvalue weighted by Gasteiger charge is 2.10. The fourth-order valence-corrected chi connectivity index (χ4v) is 2.63. The highest BCUT2D eigenvalue weighted by Crippen LogP contribution is 2.35. The van der Waals surface area contributed by atoms with E-state index in [1.165, 1.54) is 3.57 Å². The van der Waals surface area contributed by atoms with Crippen LogP contribution in [0.4, 0.5) is 11.4 Å². The minimum Gasteiger partial charge on any atom is -0.493 e. The lowest BCUT2D eigenvalue weighted by molar-refractivity contribution is 0.356. The number of nitrogens with one attached hydrogen (secondary N) is 1. The molecule has 22 heavy (non-hydrogen) atoms. The smallest absolute Gasteiger partial charge is 0.162 e. The van der Waals surface area contributed by atoms with E-state index < -0.39 is 0 Å². The highest BCUT2D eigenvalue weighted by molar-refractivity contribution is 14.1. The van der Waals surface area contributed by atoms with E-state index in [2.05, 4.69) is 57.2 Å². The summed E-state index contributed by atoms with van der Waals surface area (Å²) in [5.74, 6) is 1.36. The molecule has 0 saturated carbocycles. The van der Waals surface area contributed by atoms with E-state index in [0.717, 1.165) is 22.3 Å². The first-order valence-electron chi connectivity index (χ1n) is 6.74. The van der Waals surface area contributed by atoms with Crippen LogP contribution in [0.25, 0.3) is 10.9 Å². The Bertz CT molecular complexity index is 804. The van der Waals surface area contributed by atoms with Crippen molar-refractivity contribution in [3.63, 3.8) is 0 Å². The molecule has 1 aromatic heterocycles. The molecule has 3 aromatic rings. The molecule has 3 rings (SSSR count). The summed E-state index contributed by atoms with van der Waals surface area (Å²) < 4.78 is 11.9. The number of aromatic nitrogens is 1. The second kappa shape index (κ2) is 6.39. The molecule has 0 spiro atoms. The Hall–Kier alpha value is -2.02. The van der Waals surface area contributed by atoms with Gasteiger partial charge in [0, 0.05) is 32.6 Å². The molecule has 5 heteroatoms. The van der Waals surface area contributed by atoms with Crippen molar-refractivity contribution in [2.75, 3.05) is 19.5 Å². The van der Waals surface area contributed by atoms with Crippen LogP contribution in [0.5, 0.6) is 11.5 Å². The zero-order valence-electron chi connectivity index (χ0n) is 12.3. The molecule has 0 atom stereocenters. The van der Waals surface area contributed by atoms with E-state index in [0.29, 0.717) is 11.5 Å². The Balaban J connectivity index is 2.07. The van der Waals surface area contributed by atoms with Crippen molar-refractivity contribution in [1.29, 1.82) is 0 Å². The summed E-state index contributed by atoms with van der Waals surface area (Å²) in [6.07, 6.45) is 1.78. The molecule has 0 aliphatic carbocycles. The number of methoxy groups -OCH3 is 2. The van der Waals surface area contributed by atoms with Gasteiger partial charge < -0.3 is 14.8 Å². The summed E-state index contributed by atoms with van der Waals surface area (Å²) in [4.78, 5) is 4.40. The van der Waals surface area contributed by atoms with E-state index in [9.17, 15) is 0 Å². The average molecular weight is 406 g/mol. The Morgan fingerprint density at radius 3 is 2.32 bits per heavy atom. The van der Waals surface area contributed by atoms with Crippen LogP contribution in [0.3, 0.4) is 0 Å². The molecule has 2 aromatic carbocycles. The van der Waals surface area contributed by atoms with Crippen molar-refractivity contribution in [3.05, 3.63) is 52.2 Å². The molecule has 1 N–H and O–H groups in total. The number of anilines is 2. The molecule has 0 saturated heterocycles. The standard InChI is InChI=1S/C17H15IN2O2/c1-21-16-9-13-14(20-12-5-3-11(18)4-6-12)7-8-19-15(13)10-17(16)22-2/h3-10H,1-2H3,(H,19,20). The first-order valence-corrected chi connectivity index (χ1v) is 7.82. The van der Waals surface area contributed by atoms with E-state index in [1.54, 1.807) is 20.4 Å². The van der Waals surface area contributed by atoms with Crippen molar-refractivity contribution in [2.24, 2.45) is 0 Å². The van der Waals surface area contributed by atoms with Crippen LogP contribution >= 0.6 is 22.6 Å². The van der Waals surface area contributed by atoms with E-state index in [-0.39, 0.29) is 0 Å². The van der Waals surface area contributed by atoms with E-state index >= 15 is 0 Å². The predicted molar refractivity (Wildman–Crippen MR) is 97.3 cm³/mol. The van der Waals surface area contributed by atoms with E-state index in [4.69, 9.17) is 9.47 Å². The Labute approximate surface area is 142 Å². The normalized spacial score (nSPS) is 10.5. The number of nitrogens with zero attached hydrogens (tertiary/aromatic N) is 1. The quantitative estimate of drug-likeness (QED) is 0.644. The molecule has 0 bridgehead atoms. The van der Waals surface area contributed by atoms with Gasteiger partial charge in [-0.25, -0.2) is 0 Å². The number of pyridine rings is 1. The minimum absolute atomic E-state index is 0.675. The van der Waals surface area contributed by atoms with Crippen LogP contribution in [0.15, 0.2) is 48.7 Å². The summed E-state index contributed by atoms with van der Waals surface area (Å²) in [6, 6.07) is 14.0. The SMILES string of the molecule is COc1cc2nccc(Nc3ccc(I)cc3)c2cc1OC. The molecule has 4 nitrogen and oxygen atoms in total. The number of fused-ring (bicyclic) bond motifs is 1. The first-order chi connectivity index (χ1) is 10.7. The zero-order chi connectivity index (χ0) is 15.5. The third kappa shape index (κ3) is 2.94. The molecule has 1 heterocycles. The summed E-state index contributed by atoms with van der Waals surface area (Å²) in [6.45, 7) is 0. The second-order valence-electron chi connectivity index (χ2n) is 4.71. The minimum atomic E-state index is 0.675. The lowest BCUT2D eigenvalue weighted by Crippen LogP contribution is -1.95. The molecule has 0 radical (unpaired) electrons. The average Bonchev–Trinajstić information content (AvgIpc) is 2.56. The van der Waals surface area contributed by atoms with Crippen molar-refractivity contribution < 1.29 is 9.47 Å². The van der Waals surface area contributed by atoms with E-state index in [1.807, 2.05) is 18.2 Å². The molecule has 0 aliphatic rings. The van der Waals surface area contributed by atoms with Gasteiger partial charge in [-0.15, -0.1) is 0 Å². The lowest BCUT2D eigenvalue weighted by atomic mass is 10.1. The van der Waals surface area contributed by atoms with Gasteiger partial charge in [-0.3, -0.25) is 4.98 Å². The third-order valence-corrected chi connectivity index (χ3v) is 4.09. The van der Waals surface area contributed by atoms with Crippen LogP contribution in [0.1, 0.15) is 0 Å². The van der Waals surface area contributed by atoms with Crippen molar-refractivity contribution in [2.45, 2.75) is 0 Å². The summed E-state index contributed by atoms with van der Waals surface area (Å²) in [5.41, 5.74) is 2.86. The van der Waals surface area contributed by atoms with Gasteiger partial charge in [-0.2, -0.15) is 0 Å². The summed E-state index contributed by atoms with van der Waals surface area (Å²) in [5, 5.41) is 4.41. The van der Waals surface area contributed by atoms with Crippen molar-refractivity contribution in [1.82, 2.24) is 4.98 Å². The maximum absolute atomic E-state index is 5.38. The van der Waals surface area contributed by atoms with Gasteiger partial charge in [0.1, 0.15) is 0 Å². The number of ether oxygens (including phenoxy) is 2. The van der Waals surface area contributed by atoms with Gasteiger partial charge >= 0.3 is 0 Å². The van der Waals surface area contributed by atoms with Crippen molar-refractivity contribution in [3.8, 4) is 11.5 Å². The molecular formula is C17H15IN2O2. The maximum atomic E-state index is 5.38. The molecule has 0 amide bonds. The molecular weight excluding hydrogens is 391 g/mol. The van der Waals surface area contributed by atoms with Crippen LogP contribution in [-0.2, 0) is 0 Å². The zero-order valence-corrected chi connectivity index (χ0v) is 14.4. The second-order valence-corrected chi connectivity index (χ2v) is 5.96. The van der Waals surface area contributed by atoms with Gasteiger partial charge in [0.05, 0.1) is 19.7 Å². The first kappa shape index (κ1) is 14.9. The summed E-state index contributed by atoms with van der Waals surface area (Å²) in [7, 11) is 3.25. The third-order valence-electron chi connectivity index (χ3n) is 3.37. The molecule has 0 aliphatic heterocycles. The maximum Gasteiger partial charge on any atom is 0.162 e. The van der Waals surface area contributed by atoms with Gasteiger partial charge in [-0.05, 0) is 59.0 Å². The fourth-order valence-electron chi connectivity index (χ4n) is 2.27. The molecule has 0 unspecified atom stereocenters. The molecule has 112 valence electrons. The highest BCUT2D eigenvalue weighted by atomic mass is 127. The monoisotopic (exact) mass is 406 g/mol. The number of hydrogen-bond donors (Lipinski definition) is 1. The predicted octanol–water partition coefficient (Wildman–Crippen LogP) is 4.60. The number of halogens is 1. The van der Waals surface area contributed by atoms with Gasteiger partial charge in [0.25, 0.3) is 0 Å². The Morgan fingerprint density at radius 2 is 1.64 bits per heavy atom. The Morgan fingerprint density at radius 1 is 0.955 bits per heavy atom. The van der Waals surface area contributed by atoms with Crippen LogP contribution in [0, 0.1) is 3.57 Å². The number of benzene rings is 2. The lowest BCUT2D eigenvalue weighted by Gasteiger charge is -2.13. The van der Waals surface area contributed by atoms with Crippen LogP contribution in [0.2, 0.25) is 0 Å². The van der Waals surface area contributed by atoms with Crippen molar-refractivity contribution >= 4 is 44.9 Å². The van der Waals surface area contributed by atoms with Crippen LogP contribution in [-0.4, -0.2) is 19.2 Å². The summed E-state index contributed by atoms with van der Waals surface area (Å²) >= 11 is 2.29.